The molecule has 2 aromatic carbocycles. The van der Waals surface area contributed by atoms with Gasteiger partial charge in [-0.05, 0) is 37.1 Å². The summed E-state index contributed by atoms with van der Waals surface area (Å²) in [7, 11) is 0. The van der Waals surface area contributed by atoms with E-state index in [0.717, 1.165) is 11.1 Å². The summed E-state index contributed by atoms with van der Waals surface area (Å²) < 4.78 is 16.6. The molecule has 0 saturated heterocycles. The number of fused-ring (bicyclic) bond motifs is 2. The van der Waals surface area contributed by atoms with Crippen LogP contribution in [0.5, 0.6) is 23.1 Å². The molecule has 1 aliphatic rings. The summed E-state index contributed by atoms with van der Waals surface area (Å²) in [5.41, 5.74) is 2.73. The molecule has 2 heterocycles. The van der Waals surface area contributed by atoms with Crippen molar-refractivity contribution >= 4 is 22.5 Å². The van der Waals surface area contributed by atoms with Crippen molar-refractivity contribution in [2.75, 3.05) is 19.8 Å². The minimum atomic E-state index is -0.563. The highest BCUT2D eigenvalue weighted by Crippen LogP contribution is 2.42. The first-order chi connectivity index (χ1) is 13.5. The van der Waals surface area contributed by atoms with Crippen LogP contribution in [0, 0.1) is 13.8 Å². The van der Waals surface area contributed by atoms with Crippen molar-refractivity contribution < 1.29 is 24.1 Å². The van der Waals surface area contributed by atoms with E-state index >= 15 is 0 Å². The number of aromatic nitrogens is 1. The van der Waals surface area contributed by atoms with Gasteiger partial charge in [-0.15, -0.1) is 10.2 Å². The number of nitrogens with zero attached hydrogens (tertiary/aromatic N) is 2. The number of amides is 1. The highest BCUT2D eigenvalue weighted by atomic mass is 16.6. The number of rotatable bonds is 4. The van der Waals surface area contributed by atoms with Crippen LogP contribution in [0.15, 0.2) is 40.6 Å². The second-order valence-electron chi connectivity index (χ2n) is 6.52. The van der Waals surface area contributed by atoms with Crippen LogP contribution in [0.3, 0.4) is 0 Å². The summed E-state index contributed by atoms with van der Waals surface area (Å²) in [5.74, 6) is 1.01. The Labute approximate surface area is 160 Å². The minimum absolute atomic E-state index is 0.159. The lowest BCUT2D eigenvalue weighted by Gasteiger charge is -2.17. The third kappa shape index (κ3) is 3.48. The Morgan fingerprint density at radius 3 is 2.71 bits per heavy atom. The predicted molar refractivity (Wildman–Crippen MR) is 102 cm³/mol. The van der Waals surface area contributed by atoms with Gasteiger partial charge in [-0.3, -0.25) is 4.79 Å². The maximum Gasteiger partial charge on any atom is 0.302 e. The number of carbonyl (C=O) groups excluding carboxylic acids is 1. The van der Waals surface area contributed by atoms with E-state index in [1.807, 2.05) is 32.0 Å². The second-order valence-corrected chi connectivity index (χ2v) is 6.52. The summed E-state index contributed by atoms with van der Waals surface area (Å²) in [6.07, 6.45) is 0. The van der Waals surface area contributed by atoms with E-state index in [9.17, 15) is 9.90 Å². The van der Waals surface area contributed by atoms with E-state index in [4.69, 9.17) is 14.2 Å². The lowest BCUT2D eigenvalue weighted by atomic mass is 10.1. The SMILES string of the molecule is Cc1ccc(C)c(OCC(=O)N=Nc2c(O)[nH]c3cc4c(cc23)OCCO4)c1. The molecule has 1 amide bonds. The summed E-state index contributed by atoms with van der Waals surface area (Å²) >= 11 is 0. The summed E-state index contributed by atoms with van der Waals surface area (Å²) in [5, 5.41) is 18.3. The molecule has 8 nitrogen and oxygen atoms in total. The van der Waals surface area contributed by atoms with Crippen LogP contribution in [-0.2, 0) is 4.79 Å². The van der Waals surface area contributed by atoms with Gasteiger partial charge in [-0.2, -0.15) is 0 Å². The molecule has 0 radical (unpaired) electrons. The quantitative estimate of drug-likeness (QED) is 0.666. The van der Waals surface area contributed by atoms with Crippen LogP contribution < -0.4 is 14.2 Å². The molecule has 1 aromatic heterocycles. The maximum atomic E-state index is 12.1. The van der Waals surface area contributed by atoms with E-state index in [1.54, 1.807) is 12.1 Å². The number of aromatic hydroxyl groups is 1. The van der Waals surface area contributed by atoms with E-state index < -0.39 is 5.91 Å². The molecule has 0 fully saturated rings. The first-order valence-electron chi connectivity index (χ1n) is 8.80. The Hall–Kier alpha value is -3.55. The first-order valence-corrected chi connectivity index (χ1v) is 8.80. The molecule has 1 aliphatic heterocycles. The molecule has 0 bridgehead atoms. The fourth-order valence-corrected chi connectivity index (χ4v) is 2.94. The van der Waals surface area contributed by atoms with Gasteiger partial charge in [0.05, 0.1) is 5.52 Å². The van der Waals surface area contributed by atoms with Crippen LogP contribution in [0.1, 0.15) is 11.1 Å². The van der Waals surface area contributed by atoms with Gasteiger partial charge >= 0.3 is 5.91 Å². The average molecular weight is 381 g/mol. The molecule has 0 atom stereocenters. The van der Waals surface area contributed by atoms with Gasteiger partial charge in [-0.25, -0.2) is 0 Å². The van der Waals surface area contributed by atoms with Gasteiger partial charge in [0.25, 0.3) is 0 Å². The third-order valence-electron chi connectivity index (χ3n) is 4.37. The number of azo groups is 1. The molecule has 4 rings (SSSR count). The number of nitrogens with one attached hydrogen (secondary N) is 1. The van der Waals surface area contributed by atoms with Crippen LogP contribution in [0.2, 0.25) is 0 Å². The Morgan fingerprint density at radius 1 is 1.18 bits per heavy atom. The Kier molecular flexibility index (Phi) is 4.60. The van der Waals surface area contributed by atoms with E-state index in [0.29, 0.717) is 41.4 Å². The molecule has 8 heteroatoms. The molecule has 0 aliphatic carbocycles. The molecule has 3 aromatic rings. The zero-order chi connectivity index (χ0) is 19.7. The van der Waals surface area contributed by atoms with E-state index in [-0.39, 0.29) is 18.2 Å². The fraction of sp³-hybridized carbons (Fsp3) is 0.250. The molecule has 0 saturated carbocycles. The monoisotopic (exact) mass is 381 g/mol. The average Bonchev–Trinajstić information content (AvgIpc) is 2.99. The molecular formula is C20H19N3O5. The Balaban J connectivity index is 1.52. The topological polar surface area (TPSA) is 106 Å². The number of ether oxygens (including phenoxy) is 3. The molecule has 0 spiro atoms. The number of aryl methyl sites for hydroxylation is 2. The van der Waals surface area contributed by atoms with Crippen molar-refractivity contribution in [2.24, 2.45) is 10.2 Å². The largest absolute Gasteiger partial charge is 0.493 e. The lowest BCUT2D eigenvalue weighted by Crippen LogP contribution is -2.15. The number of H-pyrrole nitrogens is 1. The summed E-state index contributed by atoms with van der Waals surface area (Å²) in [6.45, 7) is 4.51. The molecular weight excluding hydrogens is 362 g/mol. The van der Waals surface area contributed by atoms with Gasteiger partial charge in [0.15, 0.2) is 23.8 Å². The van der Waals surface area contributed by atoms with Crippen LogP contribution in [0.4, 0.5) is 5.69 Å². The second kappa shape index (κ2) is 7.22. The van der Waals surface area contributed by atoms with Gasteiger partial charge in [0.1, 0.15) is 19.0 Å². The smallest absolute Gasteiger partial charge is 0.302 e. The highest BCUT2D eigenvalue weighted by Gasteiger charge is 2.18. The van der Waals surface area contributed by atoms with Crippen molar-refractivity contribution in [3.63, 3.8) is 0 Å². The van der Waals surface area contributed by atoms with Crippen molar-refractivity contribution in [1.29, 1.82) is 0 Å². The maximum absolute atomic E-state index is 12.1. The molecule has 28 heavy (non-hydrogen) atoms. The zero-order valence-electron chi connectivity index (χ0n) is 15.5. The van der Waals surface area contributed by atoms with Gasteiger partial charge in [-0.1, -0.05) is 12.1 Å². The lowest BCUT2D eigenvalue weighted by molar-refractivity contribution is -0.120. The van der Waals surface area contributed by atoms with Crippen molar-refractivity contribution in [3.05, 3.63) is 41.5 Å². The number of hydrogen-bond donors (Lipinski definition) is 2. The van der Waals surface area contributed by atoms with Gasteiger partial charge in [0.2, 0.25) is 5.88 Å². The fourth-order valence-electron chi connectivity index (χ4n) is 2.94. The van der Waals surface area contributed by atoms with Crippen LogP contribution in [0.25, 0.3) is 10.9 Å². The third-order valence-corrected chi connectivity index (χ3v) is 4.37. The van der Waals surface area contributed by atoms with Gasteiger partial charge < -0.3 is 24.3 Å². The number of aromatic amines is 1. The minimum Gasteiger partial charge on any atom is -0.493 e. The number of carbonyl (C=O) groups is 1. The summed E-state index contributed by atoms with van der Waals surface area (Å²) in [6, 6.07) is 9.17. The van der Waals surface area contributed by atoms with Crippen molar-refractivity contribution in [3.8, 4) is 23.1 Å². The Bertz CT molecular complexity index is 1090. The normalized spacial score (nSPS) is 13.2. The Morgan fingerprint density at radius 2 is 1.93 bits per heavy atom. The van der Waals surface area contributed by atoms with Gasteiger partial charge in [0, 0.05) is 11.5 Å². The van der Waals surface area contributed by atoms with E-state index in [1.165, 1.54) is 0 Å². The van der Waals surface area contributed by atoms with Crippen molar-refractivity contribution in [2.45, 2.75) is 13.8 Å². The zero-order valence-corrected chi connectivity index (χ0v) is 15.5. The molecule has 0 unspecified atom stereocenters. The van der Waals surface area contributed by atoms with Crippen molar-refractivity contribution in [1.82, 2.24) is 4.98 Å². The highest BCUT2D eigenvalue weighted by molar-refractivity contribution is 5.96. The molecule has 144 valence electrons. The summed E-state index contributed by atoms with van der Waals surface area (Å²) in [4.78, 5) is 14.9. The standard InChI is InChI=1S/C20H19N3O5/c1-11-3-4-12(2)15(7-11)28-10-18(24)22-23-19-13-8-16-17(27-6-5-26-16)9-14(13)21-20(19)25/h3-4,7-9,21,25H,5-6,10H2,1-2H3. The van der Waals surface area contributed by atoms with E-state index in [2.05, 4.69) is 15.2 Å². The van der Waals surface area contributed by atoms with Crippen LogP contribution in [-0.4, -0.2) is 35.8 Å². The van der Waals surface area contributed by atoms with Crippen LogP contribution >= 0.6 is 0 Å². The molecule has 2 N–H and O–H groups in total. The predicted octanol–water partition coefficient (Wildman–Crippen LogP) is 3.95. The first kappa shape index (κ1) is 17.8. The number of benzene rings is 2. The number of hydrogen-bond acceptors (Lipinski definition) is 6.